The Kier molecular flexibility index (Phi) is 3.42. The van der Waals surface area contributed by atoms with Crippen LogP contribution in [0.2, 0.25) is 0 Å². The van der Waals surface area contributed by atoms with Gasteiger partial charge in [-0.25, -0.2) is 4.98 Å². The Hall–Kier alpha value is -0.120. The molecule has 0 radical (unpaired) electrons. The third-order valence-electron chi connectivity index (χ3n) is 2.82. The lowest BCUT2D eigenvalue weighted by Gasteiger charge is -2.09. The lowest BCUT2D eigenvalue weighted by atomic mass is 10.0. The summed E-state index contributed by atoms with van der Waals surface area (Å²) in [6, 6.07) is 0. The van der Waals surface area contributed by atoms with Gasteiger partial charge in [-0.1, -0.05) is 0 Å². The molecule has 2 nitrogen and oxygen atoms in total. The third-order valence-corrected chi connectivity index (χ3v) is 3.90. The highest BCUT2D eigenvalue weighted by Gasteiger charge is 2.34. The number of ether oxygens (including phenoxy) is 1. The highest BCUT2D eigenvalue weighted by Crippen LogP contribution is 2.41. The molecule has 3 unspecified atom stereocenters. The number of hydrogen-bond acceptors (Lipinski definition) is 3. The molecule has 2 rings (SSSR count). The molecule has 0 aromatic carbocycles. The van der Waals surface area contributed by atoms with Gasteiger partial charge in [-0.05, 0) is 18.8 Å². The molecule has 14 heavy (non-hydrogen) atoms. The molecule has 78 valence electrons. The van der Waals surface area contributed by atoms with Crippen LogP contribution in [0.1, 0.15) is 24.5 Å². The first-order valence-corrected chi connectivity index (χ1v) is 6.20. The minimum absolute atomic E-state index is 0.234. The zero-order valence-electron chi connectivity index (χ0n) is 8.15. The van der Waals surface area contributed by atoms with Crippen LogP contribution < -0.4 is 0 Å². The highest BCUT2D eigenvalue weighted by atomic mass is 35.5. The van der Waals surface area contributed by atoms with Gasteiger partial charge in [-0.2, -0.15) is 0 Å². The molecule has 0 N–H and O–H groups in total. The molecule has 1 aliphatic rings. The minimum atomic E-state index is 0.234. The number of nitrogens with zero attached hydrogens (tertiary/aromatic N) is 1. The van der Waals surface area contributed by atoms with Crippen molar-refractivity contribution < 1.29 is 4.74 Å². The van der Waals surface area contributed by atoms with Crippen LogP contribution >= 0.6 is 22.9 Å². The number of thiazole rings is 1. The topological polar surface area (TPSA) is 22.1 Å². The molecular formula is C10H14ClNOS. The fourth-order valence-electron chi connectivity index (χ4n) is 2.17. The van der Waals surface area contributed by atoms with Crippen molar-refractivity contribution in [2.45, 2.75) is 24.1 Å². The molecule has 1 saturated carbocycles. The van der Waals surface area contributed by atoms with Crippen LogP contribution in [0.4, 0.5) is 0 Å². The van der Waals surface area contributed by atoms with E-state index in [9.17, 15) is 0 Å². The van der Waals surface area contributed by atoms with Gasteiger partial charge in [-0.15, -0.1) is 22.9 Å². The largest absolute Gasteiger partial charge is 0.384 e. The van der Waals surface area contributed by atoms with Gasteiger partial charge in [0.25, 0.3) is 0 Å². The molecule has 3 atom stereocenters. The van der Waals surface area contributed by atoms with Crippen molar-refractivity contribution in [3.63, 3.8) is 0 Å². The van der Waals surface area contributed by atoms with Gasteiger partial charge in [0.15, 0.2) is 0 Å². The number of rotatable bonds is 3. The second-order valence-corrected chi connectivity index (χ2v) is 5.11. The van der Waals surface area contributed by atoms with Crippen molar-refractivity contribution in [1.82, 2.24) is 4.98 Å². The van der Waals surface area contributed by atoms with Gasteiger partial charge in [0.05, 0.1) is 11.2 Å². The van der Waals surface area contributed by atoms with Crippen LogP contribution in [0.5, 0.6) is 0 Å². The van der Waals surface area contributed by atoms with E-state index in [1.54, 1.807) is 18.4 Å². The van der Waals surface area contributed by atoms with Crippen molar-refractivity contribution in [2.75, 3.05) is 13.7 Å². The van der Waals surface area contributed by atoms with Crippen LogP contribution in [-0.2, 0) is 4.74 Å². The summed E-state index contributed by atoms with van der Waals surface area (Å²) in [5, 5.41) is 2.34. The summed E-state index contributed by atoms with van der Waals surface area (Å²) in [5.41, 5.74) is 3.04. The molecule has 0 saturated heterocycles. The summed E-state index contributed by atoms with van der Waals surface area (Å²) in [6.07, 6.45) is 2.17. The highest BCUT2D eigenvalue weighted by molar-refractivity contribution is 7.07. The van der Waals surface area contributed by atoms with E-state index < -0.39 is 0 Å². The Morgan fingerprint density at radius 3 is 3.14 bits per heavy atom. The summed E-state index contributed by atoms with van der Waals surface area (Å²) in [4.78, 5) is 4.34. The number of aromatic nitrogens is 1. The number of hydrogen-bond donors (Lipinski definition) is 0. The molecule has 0 spiro atoms. The Morgan fingerprint density at radius 2 is 2.50 bits per heavy atom. The smallest absolute Gasteiger partial charge is 0.0794 e. The second kappa shape index (κ2) is 4.60. The summed E-state index contributed by atoms with van der Waals surface area (Å²) in [5.74, 6) is 1.04. The van der Waals surface area contributed by atoms with Crippen LogP contribution in [0, 0.1) is 5.92 Å². The van der Waals surface area contributed by atoms with Crippen LogP contribution in [-0.4, -0.2) is 24.1 Å². The third kappa shape index (κ3) is 2.10. The Balaban J connectivity index is 2.01. The maximum absolute atomic E-state index is 6.31. The molecule has 1 aromatic rings. The SMILES string of the molecule is COCC1CC(Cl)C(c2cscn2)C1. The number of halogens is 1. The maximum atomic E-state index is 6.31. The van der Waals surface area contributed by atoms with Gasteiger partial charge in [-0.3, -0.25) is 0 Å². The molecule has 0 aliphatic heterocycles. The first-order chi connectivity index (χ1) is 6.81. The number of alkyl halides is 1. The molecule has 1 fully saturated rings. The first kappa shape index (κ1) is 10.4. The van der Waals surface area contributed by atoms with Crippen LogP contribution in [0.3, 0.4) is 0 Å². The number of methoxy groups -OCH3 is 1. The molecule has 0 bridgehead atoms. The fraction of sp³-hybridized carbons (Fsp3) is 0.700. The quantitative estimate of drug-likeness (QED) is 0.747. The van der Waals surface area contributed by atoms with E-state index in [4.69, 9.17) is 16.3 Å². The van der Waals surface area contributed by atoms with E-state index in [2.05, 4.69) is 10.4 Å². The van der Waals surface area contributed by atoms with Gasteiger partial charge in [0.1, 0.15) is 0 Å². The van der Waals surface area contributed by atoms with E-state index in [0.717, 1.165) is 25.1 Å². The lowest BCUT2D eigenvalue weighted by Crippen LogP contribution is -2.04. The fourth-order valence-corrected chi connectivity index (χ4v) is 3.27. The maximum Gasteiger partial charge on any atom is 0.0794 e. The summed E-state index contributed by atoms with van der Waals surface area (Å²) >= 11 is 7.95. The van der Waals surface area contributed by atoms with E-state index in [1.807, 2.05) is 5.51 Å². The van der Waals surface area contributed by atoms with Gasteiger partial charge >= 0.3 is 0 Å². The first-order valence-electron chi connectivity index (χ1n) is 4.82. The van der Waals surface area contributed by atoms with Gasteiger partial charge in [0.2, 0.25) is 0 Å². The van der Waals surface area contributed by atoms with Gasteiger partial charge < -0.3 is 4.74 Å². The molecule has 0 amide bonds. The predicted molar refractivity (Wildman–Crippen MR) is 59.1 cm³/mol. The molecule has 4 heteroatoms. The normalized spacial score (nSPS) is 32.3. The Bertz CT molecular complexity index is 278. The molecular weight excluding hydrogens is 218 g/mol. The molecule has 1 aliphatic carbocycles. The summed E-state index contributed by atoms with van der Waals surface area (Å²) < 4.78 is 5.16. The van der Waals surface area contributed by atoms with Crippen LogP contribution in [0.25, 0.3) is 0 Å². The standard InChI is InChI=1S/C10H14ClNOS/c1-13-4-7-2-8(9(11)3-7)10-5-14-6-12-10/h5-9H,2-4H2,1H3. The van der Waals surface area contributed by atoms with E-state index >= 15 is 0 Å². The van der Waals surface area contributed by atoms with E-state index in [0.29, 0.717) is 11.8 Å². The second-order valence-electron chi connectivity index (χ2n) is 3.83. The van der Waals surface area contributed by atoms with Crippen molar-refractivity contribution in [3.05, 3.63) is 16.6 Å². The van der Waals surface area contributed by atoms with Crippen molar-refractivity contribution in [1.29, 1.82) is 0 Å². The molecule has 1 heterocycles. The molecule has 1 aromatic heterocycles. The summed E-state index contributed by atoms with van der Waals surface area (Å²) in [6.45, 7) is 0.823. The predicted octanol–water partition coefficient (Wildman–Crippen LogP) is 2.89. The van der Waals surface area contributed by atoms with Crippen LogP contribution in [0.15, 0.2) is 10.9 Å². The average molecular weight is 232 g/mol. The Labute approximate surface area is 93.3 Å². The zero-order valence-corrected chi connectivity index (χ0v) is 9.72. The van der Waals surface area contributed by atoms with Crippen molar-refractivity contribution >= 4 is 22.9 Å². The van der Waals surface area contributed by atoms with Gasteiger partial charge in [0, 0.05) is 30.4 Å². The Morgan fingerprint density at radius 1 is 1.64 bits per heavy atom. The van der Waals surface area contributed by atoms with E-state index in [-0.39, 0.29) is 5.38 Å². The van der Waals surface area contributed by atoms with Crippen molar-refractivity contribution in [3.8, 4) is 0 Å². The zero-order chi connectivity index (χ0) is 9.97. The monoisotopic (exact) mass is 231 g/mol. The van der Waals surface area contributed by atoms with Crippen molar-refractivity contribution in [2.24, 2.45) is 5.92 Å². The minimum Gasteiger partial charge on any atom is -0.384 e. The average Bonchev–Trinajstić information content (AvgIpc) is 2.74. The van der Waals surface area contributed by atoms with E-state index in [1.165, 1.54) is 0 Å². The lowest BCUT2D eigenvalue weighted by molar-refractivity contribution is 0.154. The summed E-state index contributed by atoms with van der Waals surface area (Å²) in [7, 11) is 1.75.